The monoisotopic (exact) mass is 252 g/mol. The van der Waals surface area contributed by atoms with E-state index >= 15 is 0 Å². The molecular weight excluding hydrogens is 239 g/mol. The average Bonchev–Trinajstić information content (AvgIpc) is 2.37. The van der Waals surface area contributed by atoms with Gasteiger partial charge in [0, 0.05) is 14.2 Å². The van der Waals surface area contributed by atoms with Crippen molar-refractivity contribution in [3.05, 3.63) is 36.4 Å². The summed E-state index contributed by atoms with van der Waals surface area (Å²) in [6.45, 7) is 0. The molecule has 0 spiro atoms. The number of benzene rings is 2. The van der Waals surface area contributed by atoms with Gasteiger partial charge in [0.05, 0.1) is 0 Å². The van der Waals surface area contributed by atoms with Crippen molar-refractivity contribution in [2.24, 2.45) is 0 Å². The summed E-state index contributed by atoms with van der Waals surface area (Å²) in [6, 6.07) is 10.6. The molecule has 0 heterocycles. The van der Waals surface area contributed by atoms with Gasteiger partial charge in [-0.25, -0.2) is 0 Å². The predicted molar refractivity (Wildman–Crippen MR) is 66.9 cm³/mol. The lowest BCUT2D eigenvalue weighted by Gasteiger charge is -2.15. The van der Waals surface area contributed by atoms with Crippen LogP contribution in [0.4, 0.5) is 0 Å². The van der Waals surface area contributed by atoms with E-state index in [1.165, 1.54) is 14.2 Å². The van der Waals surface area contributed by atoms with E-state index in [0.29, 0.717) is 0 Å². The first-order valence-electron chi connectivity index (χ1n) is 5.04. The van der Waals surface area contributed by atoms with Crippen molar-refractivity contribution in [1.29, 1.82) is 0 Å². The highest BCUT2D eigenvalue weighted by atomic mass is 31.2. The Kier molecular flexibility index (Phi) is 3.20. The zero-order valence-corrected chi connectivity index (χ0v) is 10.5. The minimum atomic E-state index is -3.43. The quantitative estimate of drug-likeness (QED) is 0.853. The van der Waals surface area contributed by atoms with Gasteiger partial charge in [-0.1, -0.05) is 24.3 Å². The first kappa shape index (κ1) is 12.1. The number of fused-ring (bicyclic) bond motifs is 1. The lowest BCUT2D eigenvalue weighted by atomic mass is 10.1. The normalized spacial score (nSPS) is 11.9. The summed E-state index contributed by atoms with van der Waals surface area (Å²) in [5.74, 6) is -0.0873. The van der Waals surface area contributed by atoms with Gasteiger partial charge in [-0.05, 0) is 22.9 Å². The first-order chi connectivity index (χ1) is 8.10. The second-order valence-electron chi connectivity index (χ2n) is 3.55. The third-order valence-electron chi connectivity index (χ3n) is 2.62. The number of phenols is 1. The Labute approximate surface area is 99.3 Å². The molecular formula is C12H13O4P. The Morgan fingerprint density at radius 1 is 1.06 bits per heavy atom. The molecule has 2 aromatic carbocycles. The lowest BCUT2D eigenvalue weighted by Crippen LogP contribution is -2.08. The van der Waals surface area contributed by atoms with Crippen molar-refractivity contribution in [1.82, 2.24) is 0 Å². The summed E-state index contributed by atoms with van der Waals surface area (Å²) in [5.41, 5.74) is 0. The molecule has 4 nitrogen and oxygen atoms in total. The molecule has 0 aliphatic heterocycles. The maximum Gasteiger partial charge on any atom is 0.364 e. The third kappa shape index (κ3) is 2.07. The van der Waals surface area contributed by atoms with Crippen LogP contribution in [0, 0.1) is 0 Å². The van der Waals surface area contributed by atoms with Gasteiger partial charge >= 0.3 is 7.60 Å². The number of aromatic hydroxyl groups is 1. The molecule has 0 saturated heterocycles. The molecule has 90 valence electrons. The van der Waals surface area contributed by atoms with E-state index in [-0.39, 0.29) is 11.1 Å². The van der Waals surface area contributed by atoms with E-state index in [9.17, 15) is 9.67 Å². The fourth-order valence-corrected chi connectivity index (χ4v) is 2.89. The van der Waals surface area contributed by atoms with Gasteiger partial charge < -0.3 is 14.2 Å². The van der Waals surface area contributed by atoms with Crippen molar-refractivity contribution >= 4 is 23.7 Å². The Bertz CT molecular complexity index is 586. The zero-order valence-electron chi connectivity index (χ0n) is 9.58. The standard InChI is InChI=1S/C12H13O4P/c1-15-17(14,16-2)12-8-10-6-4-3-5-9(10)7-11(12)13/h3-8,13H,1-2H3. The fraction of sp³-hybridized carbons (Fsp3) is 0.167. The van der Waals surface area contributed by atoms with E-state index in [1.54, 1.807) is 12.1 Å². The van der Waals surface area contributed by atoms with Crippen LogP contribution in [0.25, 0.3) is 10.8 Å². The van der Waals surface area contributed by atoms with E-state index in [4.69, 9.17) is 9.05 Å². The average molecular weight is 252 g/mol. The molecule has 0 atom stereocenters. The number of hydrogen-bond acceptors (Lipinski definition) is 4. The SMILES string of the molecule is COP(=O)(OC)c1cc2ccccc2cc1O. The minimum absolute atomic E-state index is 0.0873. The van der Waals surface area contributed by atoms with E-state index in [1.807, 2.05) is 24.3 Å². The molecule has 0 fully saturated rings. The van der Waals surface area contributed by atoms with Crippen LogP contribution >= 0.6 is 7.60 Å². The van der Waals surface area contributed by atoms with Crippen molar-refractivity contribution in [2.45, 2.75) is 0 Å². The first-order valence-corrected chi connectivity index (χ1v) is 6.59. The van der Waals surface area contributed by atoms with Crippen LogP contribution in [-0.2, 0) is 13.6 Å². The Morgan fingerprint density at radius 2 is 1.59 bits per heavy atom. The Balaban J connectivity index is 2.70. The van der Waals surface area contributed by atoms with Crippen LogP contribution in [0.3, 0.4) is 0 Å². The van der Waals surface area contributed by atoms with Crippen molar-refractivity contribution < 1.29 is 18.7 Å². The number of hydrogen-bond donors (Lipinski definition) is 1. The molecule has 2 rings (SSSR count). The van der Waals surface area contributed by atoms with Crippen LogP contribution in [0.15, 0.2) is 36.4 Å². The van der Waals surface area contributed by atoms with Crippen molar-refractivity contribution in [2.75, 3.05) is 14.2 Å². The third-order valence-corrected chi connectivity index (χ3v) is 4.53. The molecule has 0 amide bonds. The molecule has 5 heteroatoms. The molecule has 0 bridgehead atoms. The second kappa shape index (κ2) is 4.49. The summed E-state index contributed by atoms with van der Waals surface area (Å²) in [5, 5.41) is 11.8. The number of rotatable bonds is 3. The van der Waals surface area contributed by atoms with Gasteiger partial charge in [-0.15, -0.1) is 0 Å². The molecule has 2 aromatic rings. The van der Waals surface area contributed by atoms with Crippen LogP contribution in [-0.4, -0.2) is 19.3 Å². The van der Waals surface area contributed by atoms with Crippen LogP contribution < -0.4 is 5.30 Å². The summed E-state index contributed by atoms with van der Waals surface area (Å²) in [7, 11) is -0.844. The Morgan fingerprint density at radius 3 is 2.12 bits per heavy atom. The molecule has 17 heavy (non-hydrogen) atoms. The van der Waals surface area contributed by atoms with Crippen LogP contribution in [0.5, 0.6) is 5.75 Å². The summed E-state index contributed by atoms with van der Waals surface area (Å²) >= 11 is 0. The van der Waals surface area contributed by atoms with Gasteiger partial charge in [-0.3, -0.25) is 4.57 Å². The summed E-state index contributed by atoms with van der Waals surface area (Å²) < 4.78 is 22.0. The highest BCUT2D eigenvalue weighted by Crippen LogP contribution is 2.48. The molecule has 0 aliphatic carbocycles. The Hall–Kier alpha value is -1.35. The van der Waals surface area contributed by atoms with Crippen LogP contribution in [0.1, 0.15) is 0 Å². The molecule has 0 aliphatic rings. The zero-order chi connectivity index (χ0) is 12.5. The maximum absolute atomic E-state index is 12.2. The topological polar surface area (TPSA) is 55.8 Å². The smallest absolute Gasteiger partial charge is 0.364 e. The van der Waals surface area contributed by atoms with E-state index in [2.05, 4.69) is 0 Å². The summed E-state index contributed by atoms with van der Waals surface area (Å²) in [4.78, 5) is 0. The van der Waals surface area contributed by atoms with Crippen LogP contribution in [0.2, 0.25) is 0 Å². The maximum atomic E-state index is 12.2. The van der Waals surface area contributed by atoms with Crippen molar-refractivity contribution in [3.63, 3.8) is 0 Å². The van der Waals surface area contributed by atoms with Gasteiger partial charge in [0.2, 0.25) is 0 Å². The van der Waals surface area contributed by atoms with Crippen molar-refractivity contribution in [3.8, 4) is 5.75 Å². The largest absolute Gasteiger partial charge is 0.507 e. The van der Waals surface area contributed by atoms with Gasteiger partial charge in [0.25, 0.3) is 0 Å². The second-order valence-corrected chi connectivity index (χ2v) is 5.76. The minimum Gasteiger partial charge on any atom is -0.507 e. The molecule has 0 unspecified atom stereocenters. The number of phenolic OH excluding ortho intramolecular Hbond substituents is 1. The molecule has 1 N–H and O–H groups in total. The fourth-order valence-electron chi connectivity index (χ4n) is 1.71. The van der Waals surface area contributed by atoms with Gasteiger partial charge in [0.15, 0.2) is 0 Å². The van der Waals surface area contributed by atoms with Gasteiger partial charge in [0.1, 0.15) is 11.1 Å². The van der Waals surface area contributed by atoms with Gasteiger partial charge in [-0.2, -0.15) is 0 Å². The highest BCUT2D eigenvalue weighted by molar-refractivity contribution is 7.62. The van der Waals surface area contributed by atoms with E-state index < -0.39 is 7.60 Å². The lowest BCUT2D eigenvalue weighted by molar-refractivity contribution is 0.286. The predicted octanol–water partition coefficient (Wildman–Crippen LogP) is 2.66. The van der Waals surface area contributed by atoms with E-state index in [0.717, 1.165) is 10.8 Å². The molecule has 0 saturated carbocycles. The molecule has 0 radical (unpaired) electrons. The summed E-state index contributed by atoms with van der Waals surface area (Å²) in [6.07, 6.45) is 0. The highest BCUT2D eigenvalue weighted by Gasteiger charge is 2.28. The molecule has 0 aromatic heterocycles.